The molecule has 1 fully saturated rings. The predicted molar refractivity (Wildman–Crippen MR) is 347 cm³/mol. The molecule has 0 aromatic heterocycles. The number of unbranched alkanes of at least 4 members (excludes halogenated alkanes) is 44. The molecular formula is C72H135NO10. The first-order valence-electron chi connectivity index (χ1n) is 35.8. The van der Waals surface area contributed by atoms with Gasteiger partial charge in [0.15, 0.2) is 12.4 Å². The lowest BCUT2D eigenvalue weighted by Gasteiger charge is -2.41. The Labute approximate surface area is 511 Å². The quantitative estimate of drug-likeness (QED) is 0.0195. The molecule has 0 spiro atoms. The summed E-state index contributed by atoms with van der Waals surface area (Å²) in [5.74, 6) is -1.18. The fourth-order valence-electron chi connectivity index (χ4n) is 11.3. The Morgan fingerprint density at radius 2 is 0.795 bits per heavy atom. The number of hydrogen-bond acceptors (Lipinski definition) is 10. The van der Waals surface area contributed by atoms with E-state index >= 15 is 0 Å². The van der Waals surface area contributed by atoms with Crippen LogP contribution in [-0.2, 0) is 23.8 Å². The molecule has 0 radical (unpaired) electrons. The van der Waals surface area contributed by atoms with Crippen molar-refractivity contribution < 1.29 is 49.3 Å². The Balaban J connectivity index is 2.55. The van der Waals surface area contributed by atoms with Gasteiger partial charge in [-0.05, 0) is 77.0 Å². The third-order valence-electron chi connectivity index (χ3n) is 17.0. The molecule has 11 heteroatoms. The van der Waals surface area contributed by atoms with E-state index in [2.05, 4.69) is 50.4 Å². The van der Waals surface area contributed by atoms with E-state index in [-0.39, 0.29) is 13.0 Å². The molecule has 1 amide bonds. The van der Waals surface area contributed by atoms with Crippen molar-refractivity contribution in [2.75, 3.05) is 13.2 Å². The average molecular weight is 1170 g/mol. The highest BCUT2D eigenvalue weighted by Crippen LogP contribution is 2.26. The van der Waals surface area contributed by atoms with Gasteiger partial charge in [0.05, 0.1) is 25.4 Å². The zero-order valence-corrected chi connectivity index (χ0v) is 54.3. The maximum Gasteiger partial charge on any atom is 0.306 e. The second-order valence-corrected chi connectivity index (χ2v) is 25.0. The Hall–Kier alpha value is -2.12. The van der Waals surface area contributed by atoms with E-state index in [0.717, 1.165) is 57.8 Å². The summed E-state index contributed by atoms with van der Waals surface area (Å²) in [6, 6.07) is -1.02. The van der Waals surface area contributed by atoms with Gasteiger partial charge in [0, 0.05) is 6.42 Å². The van der Waals surface area contributed by atoms with Crippen molar-refractivity contribution in [1.82, 2.24) is 5.32 Å². The third kappa shape index (κ3) is 47.6. The summed E-state index contributed by atoms with van der Waals surface area (Å²) in [4.78, 5) is 26.7. The van der Waals surface area contributed by atoms with E-state index in [1.807, 2.05) is 6.08 Å². The Bertz CT molecular complexity index is 1490. The van der Waals surface area contributed by atoms with Gasteiger partial charge in [-0.25, -0.2) is 0 Å². The highest BCUT2D eigenvalue weighted by molar-refractivity contribution is 5.80. The fraction of sp³-hybridized carbons (Fsp3) is 0.889. The van der Waals surface area contributed by atoms with Gasteiger partial charge in [-0.1, -0.05) is 301 Å². The van der Waals surface area contributed by atoms with E-state index in [1.165, 1.54) is 244 Å². The van der Waals surface area contributed by atoms with Crippen LogP contribution in [0.2, 0.25) is 0 Å². The standard InChI is InChI=1S/C72H135NO10/c1-4-7-10-13-16-19-22-24-26-28-30-32-33-34-36-38-40-42-45-48-51-54-57-60-67(77)83-70-69(79)68(78)66(61-74)82-72(70)81-62-63(64(75)58-55-52-49-46-43-21-18-15-12-9-6-3)73-71(80)65(76)59-56-53-50-47-44-41-39-37-35-31-29-27-25-23-20-17-14-11-8-5-2/h24-27,55,58,63-66,68-70,72,74-76,78-79H,4-23,28-54,56-57,59-62H2,1-3H3,(H,73,80)/b26-24+,27-25+,58-55+. The summed E-state index contributed by atoms with van der Waals surface area (Å²) in [5.41, 5.74) is 0. The lowest BCUT2D eigenvalue weighted by Crippen LogP contribution is -2.61. The molecule has 0 bridgehead atoms. The summed E-state index contributed by atoms with van der Waals surface area (Å²) < 4.78 is 17.7. The molecule has 0 aromatic rings. The molecule has 1 heterocycles. The van der Waals surface area contributed by atoms with Crippen LogP contribution in [0.5, 0.6) is 0 Å². The maximum absolute atomic E-state index is 13.5. The summed E-state index contributed by atoms with van der Waals surface area (Å²) in [5, 5.41) is 57.2. The van der Waals surface area contributed by atoms with E-state index in [1.54, 1.807) is 6.08 Å². The molecule has 0 aromatic carbocycles. The molecule has 1 rings (SSSR count). The van der Waals surface area contributed by atoms with Gasteiger partial charge >= 0.3 is 5.97 Å². The molecule has 8 atom stereocenters. The monoisotopic (exact) mass is 1170 g/mol. The Morgan fingerprint density at radius 1 is 0.458 bits per heavy atom. The molecule has 8 unspecified atom stereocenters. The Morgan fingerprint density at radius 3 is 1.17 bits per heavy atom. The van der Waals surface area contributed by atoms with E-state index in [0.29, 0.717) is 19.3 Å². The van der Waals surface area contributed by atoms with E-state index in [4.69, 9.17) is 14.2 Å². The molecule has 0 aliphatic carbocycles. The maximum atomic E-state index is 13.5. The summed E-state index contributed by atoms with van der Waals surface area (Å²) >= 11 is 0. The smallest absolute Gasteiger partial charge is 0.306 e. The van der Waals surface area contributed by atoms with Crippen LogP contribution in [0, 0.1) is 0 Å². The van der Waals surface area contributed by atoms with Crippen molar-refractivity contribution in [3.05, 3.63) is 36.5 Å². The van der Waals surface area contributed by atoms with Crippen molar-refractivity contribution in [2.24, 2.45) is 0 Å². The van der Waals surface area contributed by atoms with Crippen molar-refractivity contribution >= 4 is 11.9 Å². The predicted octanol–water partition coefficient (Wildman–Crippen LogP) is 18.2. The topological polar surface area (TPSA) is 175 Å². The van der Waals surface area contributed by atoms with Crippen molar-refractivity contribution in [3.63, 3.8) is 0 Å². The second kappa shape index (κ2) is 60.2. The summed E-state index contributed by atoms with van der Waals surface area (Å²) in [6.07, 6.45) is 63.3. The van der Waals surface area contributed by atoms with Crippen LogP contribution >= 0.6 is 0 Å². The normalized spacial score (nSPS) is 18.7. The molecule has 1 saturated heterocycles. The fourth-order valence-corrected chi connectivity index (χ4v) is 11.3. The minimum absolute atomic E-state index is 0.127. The number of rotatable bonds is 62. The first kappa shape index (κ1) is 78.9. The van der Waals surface area contributed by atoms with Crippen LogP contribution in [-0.4, -0.2) is 99.6 Å². The SMILES string of the molecule is CCCCCCCC/C=C/CCCCCCCCCCCCCCCC(=O)OC1C(OCC(NC(=O)C(O)CCCCCCCCCCCC/C=C/CCCCCCCC)C(O)/C=C/CCCCCCCCCCC)OC(CO)C(O)C1O. The zero-order valence-electron chi connectivity index (χ0n) is 54.3. The second-order valence-electron chi connectivity index (χ2n) is 25.0. The highest BCUT2D eigenvalue weighted by Gasteiger charge is 2.47. The van der Waals surface area contributed by atoms with Crippen LogP contribution < -0.4 is 5.32 Å². The van der Waals surface area contributed by atoms with Gasteiger partial charge in [-0.3, -0.25) is 9.59 Å². The molecule has 83 heavy (non-hydrogen) atoms. The third-order valence-corrected chi connectivity index (χ3v) is 17.0. The van der Waals surface area contributed by atoms with Gasteiger partial charge in [-0.15, -0.1) is 0 Å². The van der Waals surface area contributed by atoms with Crippen LogP contribution in [0.1, 0.15) is 348 Å². The molecule has 1 aliphatic rings. The van der Waals surface area contributed by atoms with Crippen molar-refractivity contribution in [2.45, 2.75) is 397 Å². The van der Waals surface area contributed by atoms with Crippen LogP contribution in [0.4, 0.5) is 0 Å². The number of nitrogens with one attached hydrogen (secondary N) is 1. The molecule has 1 aliphatic heterocycles. The van der Waals surface area contributed by atoms with Crippen LogP contribution in [0.15, 0.2) is 36.5 Å². The largest absolute Gasteiger partial charge is 0.454 e. The number of allylic oxidation sites excluding steroid dienone is 5. The molecule has 11 nitrogen and oxygen atoms in total. The molecule has 6 N–H and O–H groups in total. The van der Waals surface area contributed by atoms with Gasteiger partial charge in [0.1, 0.15) is 24.4 Å². The molecule has 0 saturated carbocycles. The number of aliphatic hydroxyl groups excluding tert-OH is 5. The Kier molecular flexibility index (Phi) is 57.2. The van der Waals surface area contributed by atoms with Gasteiger partial charge < -0.3 is 45.1 Å². The lowest BCUT2D eigenvalue weighted by molar-refractivity contribution is -0.305. The zero-order chi connectivity index (χ0) is 60.3. The van der Waals surface area contributed by atoms with Crippen molar-refractivity contribution in [3.8, 4) is 0 Å². The van der Waals surface area contributed by atoms with E-state index in [9.17, 15) is 35.1 Å². The first-order chi connectivity index (χ1) is 40.7. The molecular weight excluding hydrogens is 1040 g/mol. The number of esters is 1. The average Bonchev–Trinajstić information content (AvgIpc) is 3.68. The lowest BCUT2D eigenvalue weighted by atomic mass is 9.99. The number of ether oxygens (including phenoxy) is 3. The minimum atomic E-state index is -1.61. The first-order valence-corrected chi connectivity index (χ1v) is 35.8. The highest BCUT2D eigenvalue weighted by atomic mass is 16.7. The van der Waals surface area contributed by atoms with Gasteiger partial charge in [0.25, 0.3) is 0 Å². The van der Waals surface area contributed by atoms with E-state index < -0.39 is 67.4 Å². The number of amides is 1. The minimum Gasteiger partial charge on any atom is -0.454 e. The number of hydrogen-bond donors (Lipinski definition) is 6. The van der Waals surface area contributed by atoms with Crippen molar-refractivity contribution in [1.29, 1.82) is 0 Å². The summed E-state index contributed by atoms with van der Waals surface area (Å²) in [7, 11) is 0. The number of carbonyl (C=O) groups is 2. The number of aliphatic hydroxyl groups is 5. The van der Waals surface area contributed by atoms with Crippen LogP contribution in [0.25, 0.3) is 0 Å². The number of carbonyl (C=O) groups excluding carboxylic acids is 2. The summed E-state index contributed by atoms with van der Waals surface area (Å²) in [6.45, 7) is 5.82. The van der Waals surface area contributed by atoms with Gasteiger partial charge in [0.2, 0.25) is 5.91 Å². The molecule has 488 valence electrons. The van der Waals surface area contributed by atoms with Crippen LogP contribution in [0.3, 0.4) is 0 Å². The van der Waals surface area contributed by atoms with Gasteiger partial charge in [-0.2, -0.15) is 0 Å².